The summed E-state index contributed by atoms with van der Waals surface area (Å²) in [6, 6.07) is 14.2. The molecule has 0 aliphatic heterocycles. The maximum atomic E-state index is 5.83. The molecule has 0 unspecified atom stereocenters. The number of para-hydroxylation sites is 1. The Bertz CT molecular complexity index is 502. The van der Waals surface area contributed by atoms with Crippen LogP contribution in [0.4, 0.5) is 11.4 Å². The summed E-state index contributed by atoms with van der Waals surface area (Å²) in [5, 5.41) is 3.86. The van der Waals surface area contributed by atoms with Gasteiger partial charge in [-0.05, 0) is 30.7 Å². The van der Waals surface area contributed by atoms with E-state index in [1.165, 1.54) is 5.69 Å². The number of rotatable bonds is 6. The van der Waals surface area contributed by atoms with Crippen molar-refractivity contribution >= 4 is 23.0 Å². The van der Waals surface area contributed by atoms with Gasteiger partial charge in [-0.1, -0.05) is 29.8 Å². The Labute approximate surface area is 119 Å². The van der Waals surface area contributed by atoms with Gasteiger partial charge in [0.05, 0.1) is 0 Å². The average molecular weight is 276 g/mol. The fourth-order valence-electron chi connectivity index (χ4n) is 1.87. The van der Waals surface area contributed by atoms with Crippen molar-refractivity contribution in [2.24, 2.45) is 0 Å². The maximum Gasteiger partial charge on any atom is 0.131 e. The van der Waals surface area contributed by atoms with Crippen LogP contribution in [0.15, 0.2) is 48.7 Å². The molecule has 19 heavy (non-hydrogen) atoms. The average Bonchev–Trinajstić information content (AvgIpc) is 2.44. The number of benzene rings is 1. The van der Waals surface area contributed by atoms with Crippen LogP contribution in [0, 0.1) is 0 Å². The van der Waals surface area contributed by atoms with Crippen molar-refractivity contribution in [2.45, 2.75) is 6.42 Å². The fourth-order valence-corrected chi connectivity index (χ4v) is 2.05. The van der Waals surface area contributed by atoms with Gasteiger partial charge in [0.2, 0.25) is 0 Å². The van der Waals surface area contributed by atoms with Crippen LogP contribution in [0.1, 0.15) is 6.42 Å². The number of anilines is 2. The third kappa shape index (κ3) is 4.45. The molecular formula is C15H18ClN3. The second kappa shape index (κ2) is 7.00. The zero-order valence-electron chi connectivity index (χ0n) is 11.0. The minimum absolute atomic E-state index is 0.520. The van der Waals surface area contributed by atoms with Crippen molar-refractivity contribution in [1.29, 1.82) is 0 Å². The van der Waals surface area contributed by atoms with Crippen LogP contribution < -0.4 is 10.2 Å². The first-order valence-corrected chi connectivity index (χ1v) is 6.75. The molecule has 2 aromatic rings. The van der Waals surface area contributed by atoms with E-state index in [1.54, 1.807) is 6.20 Å². The van der Waals surface area contributed by atoms with Crippen molar-refractivity contribution < 1.29 is 0 Å². The first-order chi connectivity index (χ1) is 9.25. The van der Waals surface area contributed by atoms with E-state index in [9.17, 15) is 0 Å². The van der Waals surface area contributed by atoms with Crippen LogP contribution in [0.2, 0.25) is 5.15 Å². The van der Waals surface area contributed by atoms with Crippen molar-refractivity contribution in [3.8, 4) is 0 Å². The zero-order valence-corrected chi connectivity index (χ0v) is 11.8. The lowest BCUT2D eigenvalue weighted by molar-refractivity contribution is 0.816. The standard InChI is InChI=1S/C15H18ClN3/c1-19(14-6-3-2-4-7-14)11-5-9-17-13-8-10-18-15(16)12-13/h2-4,6-8,10,12H,5,9,11H2,1H3,(H,17,18). The third-order valence-electron chi connectivity index (χ3n) is 2.92. The smallest absolute Gasteiger partial charge is 0.131 e. The minimum atomic E-state index is 0.520. The zero-order chi connectivity index (χ0) is 13.5. The van der Waals surface area contributed by atoms with Crippen LogP contribution in [0.3, 0.4) is 0 Å². The Morgan fingerprint density at radius 1 is 1.21 bits per heavy atom. The first kappa shape index (κ1) is 13.7. The molecule has 1 aromatic heterocycles. The van der Waals surface area contributed by atoms with Gasteiger partial charge in [0.15, 0.2) is 0 Å². The van der Waals surface area contributed by atoms with E-state index < -0.39 is 0 Å². The molecule has 3 nitrogen and oxygen atoms in total. The molecule has 2 rings (SSSR count). The maximum absolute atomic E-state index is 5.83. The van der Waals surface area contributed by atoms with Crippen molar-refractivity contribution in [1.82, 2.24) is 4.98 Å². The molecule has 0 amide bonds. The largest absolute Gasteiger partial charge is 0.385 e. The van der Waals surface area contributed by atoms with Crippen molar-refractivity contribution in [3.05, 3.63) is 53.8 Å². The predicted molar refractivity (Wildman–Crippen MR) is 82.1 cm³/mol. The number of nitrogens with one attached hydrogen (secondary N) is 1. The molecule has 0 saturated heterocycles. The summed E-state index contributed by atoms with van der Waals surface area (Å²) in [6.45, 7) is 1.92. The second-order valence-electron chi connectivity index (χ2n) is 4.40. The lowest BCUT2D eigenvalue weighted by Crippen LogP contribution is -2.20. The van der Waals surface area contributed by atoms with Crippen molar-refractivity contribution in [3.63, 3.8) is 0 Å². The molecule has 0 spiro atoms. The molecule has 0 fully saturated rings. The molecule has 1 heterocycles. The minimum Gasteiger partial charge on any atom is -0.385 e. The third-order valence-corrected chi connectivity index (χ3v) is 3.13. The van der Waals surface area contributed by atoms with Crippen LogP contribution >= 0.6 is 11.6 Å². The van der Waals surface area contributed by atoms with Crippen LogP contribution in [0.5, 0.6) is 0 Å². The number of hydrogen-bond acceptors (Lipinski definition) is 3. The molecule has 1 aromatic carbocycles. The van der Waals surface area contributed by atoms with E-state index in [1.807, 2.05) is 18.2 Å². The molecule has 100 valence electrons. The van der Waals surface area contributed by atoms with E-state index in [4.69, 9.17) is 11.6 Å². The first-order valence-electron chi connectivity index (χ1n) is 6.37. The fraction of sp³-hybridized carbons (Fsp3) is 0.267. The van der Waals surface area contributed by atoms with Gasteiger partial charge in [-0.15, -0.1) is 0 Å². The predicted octanol–water partition coefficient (Wildman–Crippen LogP) is 3.67. The molecule has 0 saturated carbocycles. The van der Waals surface area contributed by atoms with Gasteiger partial charge in [0.25, 0.3) is 0 Å². The summed E-state index contributed by atoms with van der Waals surface area (Å²) >= 11 is 5.83. The molecule has 0 aliphatic carbocycles. The molecule has 0 bridgehead atoms. The molecular weight excluding hydrogens is 258 g/mol. The lowest BCUT2D eigenvalue weighted by Gasteiger charge is -2.19. The highest BCUT2D eigenvalue weighted by Crippen LogP contribution is 2.13. The summed E-state index contributed by atoms with van der Waals surface area (Å²) < 4.78 is 0. The Morgan fingerprint density at radius 3 is 2.74 bits per heavy atom. The highest BCUT2D eigenvalue weighted by Gasteiger charge is 1.99. The molecule has 0 atom stereocenters. The van der Waals surface area contributed by atoms with Crippen molar-refractivity contribution in [2.75, 3.05) is 30.4 Å². The monoisotopic (exact) mass is 275 g/mol. The summed E-state index contributed by atoms with van der Waals surface area (Å²) in [7, 11) is 2.11. The number of halogens is 1. The van der Waals surface area contributed by atoms with Crippen LogP contribution in [0.25, 0.3) is 0 Å². The second-order valence-corrected chi connectivity index (χ2v) is 4.79. The van der Waals surface area contributed by atoms with E-state index in [0.717, 1.165) is 25.2 Å². The van der Waals surface area contributed by atoms with Gasteiger partial charge in [-0.3, -0.25) is 0 Å². The SMILES string of the molecule is CN(CCCNc1ccnc(Cl)c1)c1ccccc1. The normalized spacial score (nSPS) is 10.2. The molecule has 1 N–H and O–H groups in total. The highest BCUT2D eigenvalue weighted by molar-refractivity contribution is 6.29. The van der Waals surface area contributed by atoms with E-state index in [-0.39, 0.29) is 0 Å². The quantitative estimate of drug-likeness (QED) is 0.644. The van der Waals surface area contributed by atoms with E-state index >= 15 is 0 Å². The Kier molecular flexibility index (Phi) is 5.04. The summed E-state index contributed by atoms with van der Waals surface area (Å²) in [5.41, 5.74) is 2.26. The number of hydrogen-bond donors (Lipinski definition) is 1. The molecule has 0 aliphatic rings. The number of pyridine rings is 1. The van der Waals surface area contributed by atoms with Crippen LogP contribution in [-0.2, 0) is 0 Å². The lowest BCUT2D eigenvalue weighted by atomic mass is 10.3. The molecule has 4 heteroatoms. The van der Waals surface area contributed by atoms with Gasteiger partial charge >= 0.3 is 0 Å². The topological polar surface area (TPSA) is 28.2 Å². The summed E-state index contributed by atoms with van der Waals surface area (Å²) in [5.74, 6) is 0. The van der Waals surface area contributed by atoms with Gasteiger partial charge in [0, 0.05) is 37.7 Å². The Hall–Kier alpha value is -1.74. The van der Waals surface area contributed by atoms with Gasteiger partial charge in [-0.25, -0.2) is 4.98 Å². The van der Waals surface area contributed by atoms with E-state index in [0.29, 0.717) is 5.15 Å². The van der Waals surface area contributed by atoms with Gasteiger partial charge in [-0.2, -0.15) is 0 Å². The van der Waals surface area contributed by atoms with Gasteiger partial charge < -0.3 is 10.2 Å². The van der Waals surface area contributed by atoms with Crippen LogP contribution in [-0.4, -0.2) is 25.1 Å². The van der Waals surface area contributed by atoms with Gasteiger partial charge in [0.1, 0.15) is 5.15 Å². The summed E-state index contributed by atoms with van der Waals surface area (Å²) in [6.07, 6.45) is 2.77. The number of nitrogens with zero attached hydrogens (tertiary/aromatic N) is 2. The summed E-state index contributed by atoms with van der Waals surface area (Å²) in [4.78, 5) is 6.20. The highest BCUT2D eigenvalue weighted by atomic mass is 35.5. The number of aromatic nitrogens is 1. The van der Waals surface area contributed by atoms with E-state index in [2.05, 4.69) is 46.5 Å². The Morgan fingerprint density at radius 2 is 2.00 bits per heavy atom. The Balaban J connectivity index is 1.72. The molecule has 0 radical (unpaired) electrons.